The highest BCUT2D eigenvalue weighted by Crippen LogP contribution is 2.29. The summed E-state index contributed by atoms with van der Waals surface area (Å²) in [6, 6.07) is 8.81. The minimum absolute atomic E-state index is 0.236. The van der Waals surface area contributed by atoms with Gasteiger partial charge in [0.1, 0.15) is 0 Å². The molecule has 0 unspecified atom stereocenters. The zero-order chi connectivity index (χ0) is 17.0. The van der Waals surface area contributed by atoms with Crippen molar-refractivity contribution >= 4 is 5.91 Å². The maximum absolute atomic E-state index is 12.2. The second kappa shape index (κ2) is 11.3. The van der Waals surface area contributed by atoms with Gasteiger partial charge in [0.05, 0.1) is 6.04 Å². The first-order valence-electron chi connectivity index (χ1n) is 10.2. The average Bonchev–Trinajstić information content (AvgIpc) is 2.61. The van der Waals surface area contributed by atoms with Crippen molar-refractivity contribution in [2.45, 2.75) is 96.4 Å². The fourth-order valence-corrected chi connectivity index (χ4v) is 3.77. The van der Waals surface area contributed by atoms with Crippen LogP contribution >= 0.6 is 0 Å². The van der Waals surface area contributed by atoms with Gasteiger partial charge >= 0.3 is 0 Å². The van der Waals surface area contributed by atoms with Gasteiger partial charge in [0, 0.05) is 6.42 Å². The predicted molar refractivity (Wildman–Crippen MR) is 102 cm³/mol. The first-order chi connectivity index (χ1) is 11.8. The Labute approximate surface area is 148 Å². The molecule has 1 aliphatic rings. The molecule has 0 aromatic heterocycles. The number of fused-ring (bicyclic) bond motifs is 1. The molecule has 0 fully saturated rings. The Morgan fingerprint density at radius 2 is 1.67 bits per heavy atom. The zero-order valence-electron chi connectivity index (χ0n) is 15.5. The van der Waals surface area contributed by atoms with Crippen molar-refractivity contribution in [3.63, 3.8) is 0 Å². The van der Waals surface area contributed by atoms with Gasteiger partial charge in [0.15, 0.2) is 0 Å². The lowest BCUT2D eigenvalue weighted by Crippen LogP contribution is -2.30. The van der Waals surface area contributed by atoms with Crippen LogP contribution < -0.4 is 5.32 Å². The van der Waals surface area contributed by atoms with E-state index in [9.17, 15) is 4.79 Å². The molecule has 2 nitrogen and oxygen atoms in total. The Kier molecular flexibility index (Phi) is 8.94. The van der Waals surface area contributed by atoms with Crippen LogP contribution in [0.15, 0.2) is 24.3 Å². The summed E-state index contributed by atoms with van der Waals surface area (Å²) in [6.45, 7) is 2.26. The van der Waals surface area contributed by atoms with Gasteiger partial charge in [-0.3, -0.25) is 4.79 Å². The van der Waals surface area contributed by atoms with Crippen LogP contribution in [-0.2, 0) is 11.2 Å². The van der Waals surface area contributed by atoms with E-state index in [1.165, 1.54) is 68.9 Å². The van der Waals surface area contributed by atoms with Crippen molar-refractivity contribution in [3.05, 3.63) is 35.4 Å². The van der Waals surface area contributed by atoms with E-state index in [0.717, 1.165) is 19.3 Å². The van der Waals surface area contributed by atoms with E-state index < -0.39 is 0 Å². The van der Waals surface area contributed by atoms with Gasteiger partial charge in [0.25, 0.3) is 0 Å². The van der Waals surface area contributed by atoms with Crippen LogP contribution in [0.25, 0.3) is 0 Å². The number of amides is 1. The van der Waals surface area contributed by atoms with E-state index in [1.54, 1.807) is 0 Å². The molecule has 1 aromatic carbocycles. The highest BCUT2D eigenvalue weighted by Gasteiger charge is 2.20. The van der Waals surface area contributed by atoms with E-state index in [2.05, 4.69) is 36.5 Å². The van der Waals surface area contributed by atoms with Crippen LogP contribution in [0.4, 0.5) is 0 Å². The fraction of sp³-hybridized carbons (Fsp3) is 0.682. The van der Waals surface area contributed by atoms with Crippen LogP contribution in [0.5, 0.6) is 0 Å². The second-order valence-electron chi connectivity index (χ2n) is 7.29. The summed E-state index contributed by atoms with van der Waals surface area (Å²) in [5, 5.41) is 3.26. The standard InChI is InChI=1S/C22H35NO/c1-2-3-4-5-6-7-8-9-10-18-22(24)23-21-17-13-15-19-14-11-12-16-20(19)21/h11-12,14,16,21H,2-10,13,15,17-18H2,1H3,(H,23,24)/t21-/m0/s1. The van der Waals surface area contributed by atoms with Gasteiger partial charge in [0.2, 0.25) is 5.91 Å². The van der Waals surface area contributed by atoms with Gasteiger partial charge in [-0.05, 0) is 36.8 Å². The summed E-state index contributed by atoms with van der Waals surface area (Å²) in [7, 11) is 0. The fourth-order valence-electron chi connectivity index (χ4n) is 3.77. The van der Waals surface area contributed by atoms with E-state index >= 15 is 0 Å². The van der Waals surface area contributed by atoms with Crippen LogP contribution in [0.1, 0.15) is 101 Å². The number of hydrogen-bond donors (Lipinski definition) is 1. The summed E-state index contributed by atoms with van der Waals surface area (Å²) in [5.41, 5.74) is 2.75. The van der Waals surface area contributed by atoms with Crippen LogP contribution in [-0.4, -0.2) is 5.91 Å². The third kappa shape index (κ3) is 6.67. The molecular weight excluding hydrogens is 294 g/mol. The van der Waals surface area contributed by atoms with Gasteiger partial charge in [-0.1, -0.05) is 82.6 Å². The smallest absolute Gasteiger partial charge is 0.220 e. The minimum Gasteiger partial charge on any atom is -0.349 e. The molecule has 0 saturated carbocycles. The van der Waals surface area contributed by atoms with Crippen molar-refractivity contribution in [2.75, 3.05) is 0 Å². The molecule has 0 aliphatic heterocycles. The molecule has 1 N–H and O–H groups in total. The normalized spacial score (nSPS) is 16.6. The SMILES string of the molecule is CCCCCCCCCCCC(=O)N[C@H]1CCCc2ccccc21. The topological polar surface area (TPSA) is 29.1 Å². The molecule has 1 atom stereocenters. The maximum Gasteiger partial charge on any atom is 0.220 e. The number of nitrogens with one attached hydrogen (secondary N) is 1. The van der Waals surface area contributed by atoms with Crippen molar-refractivity contribution < 1.29 is 4.79 Å². The Hall–Kier alpha value is -1.31. The van der Waals surface area contributed by atoms with Crippen molar-refractivity contribution in [3.8, 4) is 0 Å². The number of carbonyl (C=O) groups is 1. The van der Waals surface area contributed by atoms with Crippen molar-refractivity contribution in [1.82, 2.24) is 5.32 Å². The van der Waals surface area contributed by atoms with Crippen LogP contribution in [0.3, 0.4) is 0 Å². The number of hydrogen-bond acceptors (Lipinski definition) is 1. The Morgan fingerprint density at radius 1 is 1.00 bits per heavy atom. The molecule has 0 heterocycles. The van der Waals surface area contributed by atoms with E-state index in [1.807, 2.05) is 0 Å². The molecule has 0 spiro atoms. The van der Waals surface area contributed by atoms with Crippen molar-refractivity contribution in [1.29, 1.82) is 0 Å². The van der Waals surface area contributed by atoms with Crippen LogP contribution in [0, 0.1) is 0 Å². The lowest BCUT2D eigenvalue weighted by molar-refractivity contribution is -0.122. The highest BCUT2D eigenvalue weighted by atomic mass is 16.1. The Balaban J connectivity index is 1.56. The third-order valence-electron chi connectivity index (χ3n) is 5.21. The van der Waals surface area contributed by atoms with E-state index in [0.29, 0.717) is 6.42 Å². The van der Waals surface area contributed by atoms with Gasteiger partial charge in [-0.25, -0.2) is 0 Å². The molecule has 1 aliphatic carbocycles. The van der Waals surface area contributed by atoms with Gasteiger partial charge in [-0.2, -0.15) is 0 Å². The second-order valence-corrected chi connectivity index (χ2v) is 7.29. The molecule has 134 valence electrons. The number of benzene rings is 1. The molecule has 1 aromatic rings. The molecule has 0 saturated heterocycles. The number of rotatable bonds is 11. The Bertz CT molecular complexity index is 483. The zero-order valence-corrected chi connectivity index (χ0v) is 15.5. The minimum atomic E-state index is 0.236. The van der Waals surface area contributed by atoms with Crippen LogP contribution in [0.2, 0.25) is 0 Å². The average molecular weight is 330 g/mol. The van der Waals surface area contributed by atoms with Crippen molar-refractivity contribution in [2.24, 2.45) is 0 Å². The molecule has 0 bridgehead atoms. The quantitative estimate of drug-likeness (QED) is 0.488. The summed E-state index contributed by atoms with van der Waals surface area (Å²) < 4.78 is 0. The molecule has 2 rings (SSSR count). The third-order valence-corrected chi connectivity index (χ3v) is 5.21. The molecule has 0 radical (unpaired) electrons. The Morgan fingerprint density at radius 3 is 2.42 bits per heavy atom. The van der Waals surface area contributed by atoms with Gasteiger partial charge in [-0.15, -0.1) is 0 Å². The molecule has 24 heavy (non-hydrogen) atoms. The summed E-state index contributed by atoms with van der Waals surface area (Å²) in [6.07, 6.45) is 15.8. The highest BCUT2D eigenvalue weighted by molar-refractivity contribution is 5.76. The lowest BCUT2D eigenvalue weighted by atomic mass is 9.87. The number of unbranched alkanes of at least 4 members (excludes halogenated alkanes) is 8. The molecule has 2 heteroatoms. The maximum atomic E-state index is 12.2. The summed E-state index contributed by atoms with van der Waals surface area (Å²) in [5.74, 6) is 0.236. The molecule has 1 amide bonds. The number of carbonyl (C=O) groups excluding carboxylic acids is 1. The van der Waals surface area contributed by atoms with E-state index in [-0.39, 0.29) is 11.9 Å². The lowest BCUT2D eigenvalue weighted by Gasteiger charge is -2.26. The first kappa shape index (κ1) is 19.0. The first-order valence-corrected chi connectivity index (χ1v) is 10.2. The predicted octanol–water partition coefficient (Wildman–Crippen LogP) is 6.10. The molecular formula is C22H35NO. The largest absolute Gasteiger partial charge is 0.349 e. The summed E-state index contributed by atoms with van der Waals surface area (Å²) >= 11 is 0. The summed E-state index contributed by atoms with van der Waals surface area (Å²) in [4.78, 5) is 12.2. The van der Waals surface area contributed by atoms with Gasteiger partial charge < -0.3 is 5.32 Å². The number of aryl methyl sites for hydroxylation is 1. The monoisotopic (exact) mass is 329 g/mol. The van der Waals surface area contributed by atoms with E-state index in [4.69, 9.17) is 0 Å².